The minimum absolute atomic E-state index is 0.709. The summed E-state index contributed by atoms with van der Waals surface area (Å²) in [7, 11) is 0. The van der Waals surface area contributed by atoms with E-state index in [2.05, 4.69) is 41.9 Å². The molecule has 2 atom stereocenters. The van der Waals surface area contributed by atoms with Crippen molar-refractivity contribution >= 4 is 0 Å². The maximum atomic E-state index is 4.59. The van der Waals surface area contributed by atoms with E-state index in [0.29, 0.717) is 6.04 Å². The zero-order valence-corrected chi connectivity index (χ0v) is 11.4. The van der Waals surface area contributed by atoms with Gasteiger partial charge in [0, 0.05) is 19.1 Å². The van der Waals surface area contributed by atoms with Crippen LogP contribution in [0.4, 0.5) is 0 Å². The lowest BCUT2D eigenvalue weighted by Crippen LogP contribution is -2.31. The molecule has 0 aromatic carbocycles. The van der Waals surface area contributed by atoms with E-state index < -0.39 is 0 Å². The summed E-state index contributed by atoms with van der Waals surface area (Å²) in [5, 5.41) is 8.29. The first kappa shape index (κ1) is 12.6. The van der Waals surface area contributed by atoms with E-state index in [-0.39, 0.29) is 0 Å². The SMILES string of the molecule is CCc1cc(CNC2CCCC2C)n(CC)n1. The molecule has 1 saturated carbocycles. The first-order chi connectivity index (χ1) is 8.24. The molecule has 1 aromatic heterocycles. The van der Waals surface area contributed by atoms with Gasteiger partial charge in [0.1, 0.15) is 0 Å². The van der Waals surface area contributed by atoms with Gasteiger partial charge in [0.2, 0.25) is 0 Å². The highest BCUT2D eigenvalue weighted by Gasteiger charge is 2.22. The Hall–Kier alpha value is -0.830. The van der Waals surface area contributed by atoms with Gasteiger partial charge in [0.25, 0.3) is 0 Å². The molecule has 0 aliphatic heterocycles. The molecule has 17 heavy (non-hydrogen) atoms. The first-order valence-electron chi connectivity index (χ1n) is 7.03. The van der Waals surface area contributed by atoms with Crippen LogP contribution in [0, 0.1) is 5.92 Å². The molecule has 0 spiro atoms. The third kappa shape index (κ3) is 2.89. The van der Waals surface area contributed by atoms with Crippen molar-refractivity contribution < 1.29 is 0 Å². The van der Waals surface area contributed by atoms with E-state index in [9.17, 15) is 0 Å². The van der Waals surface area contributed by atoms with Crippen LogP contribution in [-0.2, 0) is 19.5 Å². The number of hydrogen-bond acceptors (Lipinski definition) is 2. The molecule has 1 aromatic rings. The van der Waals surface area contributed by atoms with Crippen molar-refractivity contribution in [3.8, 4) is 0 Å². The van der Waals surface area contributed by atoms with Crippen molar-refractivity contribution in [3.05, 3.63) is 17.5 Å². The van der Waals surface area contributed by atoms with E-state index >= 15 is 0 Å². The van der Waals surface area contributed by atoms with Crippen LogP contribution < -0.4 is 5.32 Å². The average molecular weight is 235 g/mol. The molecule has 1 fully saturated rings. The number of rotatable bonds is 5. The van der Waals surface area contributed by atoms with E-state index in [0.717, 1.165) is 25.4 Å². The normalized spacial score (nSPS) is 24.4. The summed E-state index contributed by atoms with van der Waals surface area (Å²) < 4.78 is 2.13. The molecule has 0 bridgehead atoms. The van der Waals surface area contributed by atoms with Gasteiger partial charge in [-0.1, -0.05) is 20.3 Å². The zero-order valence-electron chi connectivity index (χ0n) is 11.4. The van der Waals surface area contributed by atoms with Crippen molar-refractivity contribution in [1.29, 1.82) is 0 Å². The van der Waals surface area contributed by atoms with Gasteiger partial charge in [-0.05, 0) is 38.2 Å². The Morgan fingerprint density at radius 3 is 2.82 bits per heavy atom. The predicted octanol–water partition coefficient (Wildman–Crippen LogP) is 2.74. The molecule has 96 valence electrons. The quantitative estimate of drug-likeness (QED) is 0.850. The molecule has 3 nitrogen and oxygen atoms in total. The summed E-state index contributed by atoms with van der Waals surface area (Å²) in [5.74, 6) is 0.832. The molecule has 1 aliphatic rings. The second kappa shape index (κ2) is 5.67. The van der Waals surface area contributed by atoms with Gasteiger partial charge in [-0.25, -0.2) is 0 Å². The third-order valence-corrected chi connectivity index (χ3v) is 3.98. The van der Waals surface area contributed by atoms with E-state index in [1.807, 2.05) is 0 Å². The van der Waals surface area contributed by atoms with Gasteiger partial charge in [-0.3, -0.25) is 4.68 Å². The first-order valence-corrected chi connectivity index (χ1v) is 7.03. The van der Waals surface area contributed by atoms with Crippen LogP contribution in [0.5, 0.6) is 0 Å². The molecule has 2 unspecified atom stereocenters. The highest BCUT2D eigenvalue weighted by Crippen LogP contribution is 2.25. The Morgan fingerprint density at radius 1 is 1.41 bits per heavy atom. The van der Waals surface area contributed by atoms with Crippen LogP contribution >= 0.6 is 0 Å². The summed E-state index contributed by atoms with van der Waals surface area (Å²) in [4.78, 5) is 0. The Morgan fingerprint density at radius 2 is 2.24 bits per heavy atom. The lowest BCUT2D eigenvalue weighted by Gasteiger charge is -2.17. The predicted molar refractivity (Wildman–Crippen MR) is 70.9 cm³/mol. The average Bonchev–Trinajstić information content (AvgIpc) is 2.92. The number of aryl methyl sites for hydroxylation is 2. The summed E-state index contributed by atoms with van der Waals surface area (Å²) >= 11 is 0. The second-order valence-electron chi connectivity index (χ2n) is 5.19. The van der Waals surface area contributed by atoms with Crippen molar-refractivity contribution in [3.63, 3.8) is 0 Å². The Balaban J connectivity index is 1.95. The Bertz CT molecular complexity index is 356. The summed E-state index contributed by atoms with van der Waals surface area (Å²) in [6.45, 7) is 8.62. The van der Waals surface area contributed by atoms with Gasteiger partial charge >= 0.3 is 0 Å². The molecule has 2 rings (SSSR count). The summed E-state index contributed by atoms with van der Waals surface area (Å²) in [6.07, 6.45) is 5.12. The maximum Gasteiger partial charge on any atom is 0.0625 e. The topological polar surface area (TPSA) is 29.9 Å². The number of nitrogens with one attached hydrogen (secondary N) is 1. The Labute approximate surface area is 105 Å². The van der Waals surface area contributed by atoms with Crippen LogP contribution in [0.2, 0.25) is 0 Å². The van der Waals surface area contributed by atoms with Crippen molar-refractivity contribution in [2.75, 3.05) is 0 Å². The third-order valence-electron chi connectivity index (χ3n) is 3.98. The van der Waals surface area contributed by atoms with Gasteiger partial charge < -0.3 is 5.32 Å². The van der Waals surface area contributed by atoms with E-state index in [4.69, 9.17) is 0 Å². The molecule has 1 N–H and O–H groups in total. The Kier molecular flexibility index (Phi) is 4.21. The molecular formula is C14H25N3. The smallest absolute Gasteiger partial charge is 0.0625 e. The molecule has 1 aliphatic carbocycles. The van der Waals surface area contributed by atoms with Crippen LogP contribution in [0.25, 0.3) is 0 Å². The van der Waals surface area contributed by atoms with E-state index in [1.165, 1.54) is 30.7 Å². The van der Waals surface area contributed by atoms with Crippen LogP contribution in [-0.4, -0.2) is 15.8 Å². The standard InChI is InChI=1S/C14H25N3/c1-4-12-9-13(17(5-2)16-12)10-15-14-8-6-7-11(14)3/h9,11,14-15H,4-8,10H2,1-3H3. The zero-order chi connectivity index (χ0) is 12.3. The fourth-order valence-electron chi connectivity index (χ4n) is 2.79. The highest BCUT2D eigenvalue weighted by atomic mass is 15.3. The second-order valence-corrected chi connectivity index (χ2v) is 5.19. The molecule has 0 radical (unpaired) electrons. The minimum Gasteiger partial charge on any atom is -0.308 e. The van der Waals surface area contributed by atoms with Gasteiger partial charge in [0.05, 0.1) is 11.4 Å². The number of nitrogens with zero attached hydrogens (tertiary/aromatic N) is 2. The lowest BCUT2D eigenvalue weighted by atomic mass is 10.1. The van der Waals surface area contributed by atoms with Gasteiger partial charge in [-0.15, -0.1) is 0 Å². The summed E-state index contributed by atoms with van der Waals surface area (Å²) in [6, 6.07) is 2.95. The van der Waals surface area contributed by atoms with Crippen molar-refractivity contribution in [2.45, 2.75) is 65.6 Å². The molecule has 1 heterocycles. The number of hydrogen-bond donors (Lipinski definition) is 1. The highest BCUT2D eigenvalue weighted by molar-refractivity contribution is 5.10. The lowest BCUT2D eigenvalue weighted by molar-refractivity contribution is 0.417. The number of aromatic nitrogens is 2. The fraction of sp³-hybridized carbons (Fsp3) is 0.786. The van der Waals surface area contributed by atoms with Gasteiger partial charge in [-0.2, -0.15) is 5.10 Å². The van der Waals surface area contributed by atoms with E-state index in [1.54, 1.807) is 0 Å². The van der Waals surface area contributed by atoms with Crippen molar-refractivity contribution in [2.24, 2.45) is 5.92 Å². The largest absolute Gasteiger partial charge is 0.308 e. The van der Waals surface area contributed by atoms with Crippen LogP contribution in [0.3, 0.4) is 0 Å². The van der Waals surface area contributed by atoms with Gasteiger partial charge in [0.15, 0.2) is 0 Å². The molecule has 0 amide bonds. The van der Waals surface area contributed by atoms with Crippen LogP contribution in [0.15, 0.2) is 6.07 Å². The molecule has 3 heteroatoms. The minimum atomic E-state index is 0.709. The fourth-order valence-corrected chi connectivity index (χ4v) is 2.79. The maximum absolute atomic E-state index is 4.59. The molecular weight excluding hydrogens is 210 g/mol. The summed E-state index contributed by atoms with van der Waals surface area (Å²) in [5.41, 5.74) is 2.55. The molecule has 0 saturated heterocycles. The monoisotopic (exact) mass is 235 g/mol. The van der Waals surface area contributed by atoms with Crippen molar-refractivity contribution in [1.82, 2.24) is 15.1 Å². The van der Waals surface area contributed by atoms with Crippen LogP contribution in [0.1, 0.15) is 51.4 Å².